The first kappa shape index (κ1) is 25.8. The Hall–Kier alpha value is -4.88. The van der Waals surface area contributed by atoms with Crippen molar-refractivity contribution < 1.29 is 0 Å². The first-order valence-electron chi connectivity index (χ1n) is 15.3. The third kappa shape index (κ3) is 3.64. The highest BCUT2D eigenvalue weighted by Crippen LogP contribution is 2.58. The fourth-order valence-corrected chi connectivity index (χ4v) is 7.92. The summed E-state index contributed by atoms with van der Waals surface area (Å²) in [4.78, 5) is 0. The number of rotatable bonds is 1. The highest BCUT2D eigenvalue weighted by Gasteiger charge is 2.45. The first-order chi connectivity index (χ1) is 20.9. The van der Waals surface area contributed by atoms with Gasteiger partial charge in [0.1, 0.15) is 0 Å². The first-order valence-corrected chi connectivity index (χ1v) is 15.3. The topological polar surface area (TPSA) is 4.93 Å². The van der Waals surface area contributed by atoms with Crippen LogP contribution in [0.3, 0.4) is 0 Å². The van der Waals surface area contributed by atoms with Gasteiger partial charge in [-0.05, 0) is 68.8 Å². The number of fused-ring (bicyclic) bond motifs is 10. The van der Waals surface area contributed by atoms with Gasteiger partial charge in [0.25, 0.3) is 0 Å². The smallest absolute Gasteiger partial charge is 0.0541 e. The largest absolute Gasteiger partial charge is 0.309 e. The highest BCUT2D eigenvalue weighted by molar-refractivity contribution is 6.09. The van der Waals surface area contributed by atoms with Gasteiger partial charge in [0.15, 0.2) is 0 Å². The van der Waals surface area contributed by atoms with Crippen LogP contribution >= 0.6 is 0 Å². The van der Waals surface area contributed by atoms with Gasteiger partial charge in [-0.2, -0.15) is 0 Å². The molecule has 2 aliphatic carbocycles. The van der Waals surface area contributed by atoms with Gasteiger partial charge in [0, 0.05) is 27.3 Å². The van der Waals surface area contributed by atoms with E-state index in [1.807, 2.05) is 0 Å². The van der Waals surface area contributed by atoms with Crippen molar-refractivity contribution in [1.29, 1.82) is 0 Å². The van der Waals surface area contributed by atoms with Crippen LogP contribution in [0.5, 0.6) is 0 Å². The van der Waals surface area contributed by atoms with Crippen molar-refractivity contribution in [3.8, 4) is 27.9 Å². The van der Waals surface area contributed by atoms with Crippen molar-refractivity contribution in [3.63, 3.8) is 0 Å². The number of benzene rings is 6. The molecule has 0 unspecified atom stereocenters. The Morgan fingerprint density at radius 1 is 0.372 bits per heavy atom. The summed E-state index contributed by atoms with van der Waals surface area (Å²) in [5.74, 6) is 0. The quantitative estimate of drug-likeness (QED) is 0.191. The normalized spacial score (nSPS) is 14.9. The summed E-state index contributed by atoms with van der Waals surface area (Å²) in [7, 11) is 0. The van der Waals surface area contributed by atoms with Crippen molar-refractivity contribution in [2.45, 2.75) is 38.5 Å². The van der Waals surface area contributed by atoms with E-state index in [1.165, 1.54) is 72.0 Å². The number of aromatic nitrogens is 1. The van der Waals surface area contributed by atoms with E-state index < -0.39 is 0 Å². The van der Waals surface area contributed by atoms with E-state index in [-0.39, 0.29) is 10.8 Å². The summed E-state index contributed by atoms with van der Waals surface area (Å²) < 4.78 is 2.32. The molecule has 0 saturated carbocycles. The number of nitrogens with zero attached hydrogens (tertiary/aromatic N) is 1. The molecular weight excluding hydrogens is 518 g/mol. The molecule has 208 valence electrons. The second-order valence-corrected chi connectivity index (χ2v) is 13.0. The fourth-order valence-electron chi connectivity index (χ4n) is 7.92. The van der Waals surface area contributed by atoms with E-state index in [4.69, 9.17) is 0 Å². The number of para-hydroxylation sites is 3. The van der Waals surface area contributed by atoms with Gasteiger partial charge in [0.2, 0.25) is 0 Å². The molecule has 6 aromatic carbocycles. The zero-order valence-electron chi connectivity index (χ0n) is 25.2. The molecule has 1 heteroatoms. The van der Waals surface area contributed by atoms with Crippen LogP contribution in [0.2, 0.25) is 0 Å². The molecule has 0 aliphatic heterocycles. The molecule has 0 fully saturated rings. The molecule has 0 spiro atoms. The Morgan fingerprint density at radius 3 is 1.26 bits per heavy atom. The molecule has 0 atom stereocenters. The van der Waals surface area contributed by atoms with Gasteiger partial charge in [-0.15, -0.1) is 0 Å². The van der Waals surface area contributed by atoms with Crippen LogP contribution in [0.1, 0.15) is 49.9 Å². The Kier molecular flexibility index (Phi) is 5.59. The molecule has 0 bridgehead atoms. The molecule has 9 rings (SSSR count). The minimum absolute atomic E-state index is 0.0522. The second kappa shape index (κ2) is 9.31. The maximum absolute atomic E-state index is 2.39. The van der Waals surface area contributed by atoms with Crippen molar-refractivity contribution in [2.75, 3.05) is 0 Å². The lowest BCUT2D eigenvalue weighted by Gasteiger charge is -2.30. The third-order valence-electron chi connectivity index (χ3n) is 9.83. The van der Waals surface area contributed by atoms with E-state index in [0.29, 0.717) is 0 Å². The van der Waals surface area contributed by atoms with Gasteiger partial charge < -0.3 is 4.57 Å². The molecule has 1 heterocycles. The lowest BCUT2D eigenvalue weighted by molar-refractivity contribution is 0.601. The van der Waals surface area contributed by atoms with Crippen LogP contribution in [-0.2, 0) is 10.8 Å². The standard InChI is InChI=1S/C24H22.C18H13N/c1-23(2)19-11-7-5-9-15(19)17-13-14-18-16-10-6-8-12-20(16)24(3,4)22(18)21(17)23;1-2-8-14(9-3-1)19-17-12-6-4-10-15(17)16-11-5-7-13-18(16)19/h5-14H,1-4H3;1-13H. The summed E-state index contributed by atoms with van der Waals surface area (Å²) in [5, 5.41) is 2.61. The molecule has 1 aromatic heterocycles. The van der Waals surface area contributed by atoms with Crippen LogP contribution in [0.25, 0.3) is 49.7 Å². The van der Waals surface area contributed by atoms with E-state index in [9.17, 15) is 0 Å². The Balaban J connectivity index is 0.000000133. The Morgan fingerprint density at radius 2 is 0.767 bits per heavy atom. The fraction of sp³-hybridized carbons (Fsp3) is 0.143. The van der Waals surface area contributed by atoms with Gasteiger partial charge in [0.05, 0.1) is 11.0 Å². The zero-order chi connectivity index (χ0) is 29.3. The van der Waals surface area contributed by atoms with E-state index in [2.05, 4.69) is 172 Å². The van der Waals surface area contributed by atoms with Crippen LogP contribution in [0, 0.1) is 0 Å². The third-order valence-corrected chi connectivity index (χ3v) is 9.83. The number of hydrogen-bond acceptors (Lipinski definition) is 0. The van der Waals surface area contributed by atoms with Crippen molar-refractivity contribution in [1.82, 2.24) is 4.57 Å². The maximum atomic E-state index is 2.39. The Labute approximate surface area is 254 Å². The van der Waals surface area contributed by atoms with Crippen LogP contribution in [-0.4, -0.2) is 4.57 Å². The van der Waals surface area contributed by atoms with Crippen LogP contribution in [0.4, 0.5) is 0 Å². The second-order valence-electron chi connectivity index (χ2n) is 13.0. The summed E-state index contributed by atoms with van der Waals surface area (Å²) in [6.07, 6.45) is 0. The summed E-state index contributed by atoms with van der Waals surface area (Å²) in [5.41, 5.74) is 15.5. The lowest BCUT2D eigenvalue weighted by atomic mass is 9.72. The average molecular weight is 554 g/mol. The van der Waals surface area contributed by atoms with Crippen LogP contribution < -0.4 is 0 Å². The van der Waals surface area contributed by atoms with E-state index in [0.717, 1.165) is 0 Å². The minimum Gasteiger partial charge on any atom is -0.309 e. The molecule has 0 saturated heterocycles. The minimum atomic E-state index is 0.0522. The van der Waals surface area contributed by atoms with Gasteiger partial charge in [-0.25, -0.2) is 0 Å². The van der Waals surface area contributed by atoms with Crippen molar-refractivity contribution in [2.24, 2.45) is 0 Å². The predicted octanol–water partition coefficient (Wildman–Crippen LogP) is 11.1. The van der Waals surface area contributed by atoms with Gasteiger partial charge >= 0.3 is 0 Å². The molecule has 2 aliphatic rings. The van der Waals surface area contributed by atoms with E-state index >= 15 is 0 Å². The summed E-state index contributed by atoms with van der Waals surface area (Å²) in [6.45, 7) is 9.54. The van der Waals surface area contributed by atoms with Crippen molar-refractivity contribution >= 4 is 21.8 Å². The zero-order valence-corrected chi connectivity index (χ0v) is 25.2. The molecular formula is C42H35N. The molecule has 1 nitrogen and oxygen atoms in total. The van der Waals surface area contributed by atoms with Crippen molar-refractivity contribution in [3.05, 3.63) is 162 Å². The van der Waals surface area contributed by atoms with Gasteiger partial charge in [-0.1, -0.05) is 143 Å². The molecule has 0 radical (unpaired) electrons. The van der Waals surface area contributed by atoms with Gasteiger partial charge in [-0.3, -0.25) is 0 Å². The SMILES string of the molecule is CC1(C)c2ccccc2-c2ccc3c(c21)C(C)(C)c1ccccc1-3.c1ccc(-n2c3ccccc3c3ccccc32)cc1. The molecule has 7 aromatic rings. The summed E-state index contributed by atoms with van der Waals surface area (Å²) >= 11 is 0. The lowest BCUT2D eigenvalue weighted by Crippen LogP contribution is -2.24. The number of hydrogen-bond donors (Lipinski definition) is 0. The Bertz CT molecular complexity index is 2040. The average Bonchev–Trinajstić information content (AvgIpc) is 3.59. The van der Waals surface area contributed by atoms with E-state index in [1.54, 1.807) is 0 Å². The predicted molar refractivity (Wildman–Crippen MR) is 182 cm³/mol. The molecule has 0 N–H and O–H groups in total. The monoisotopic (exact) mass is 553 g/mol. The highest BCUT2D eigenvalue weighted by atomic mass is 15.0. The van der Waals surface area contributed by atoms with Crippen LogP contribution in [0.15, 0.2) is 140 Å². The maximum Gasteiger partial charge on any atom is 0.0541 e. The molecule has 0 amide bonds. The molecule has 43 heavy (non-hydrogen) atoms. The summed E-state index contributed by atoms with van der Waals surface area (Å²) in [6, 6.07) is 50.2.